The molecule has 0 radical (unpaired) electrons. The van der Waals surface area contributed by atoms with Gasteiger partial charge in [-0.3, -0.25) is 9.59 Å². The molecule has 106 valence electrons. The lowest BCUT2D eigenvalue weighted by Gasteiger charge is -2.32. The van der Waals surface area contributed by atoms with Crippen LogP contribution in [-0.2, 0) is 9.59 Å². The molecule has 1 aromatic carbocycles. The fourth-order valence-electron chi connectivity index (χ4n) is 2.84. The average Bonchev–Trinajstić information content (AvgIpc) is 3.28. The van der Waals surface area contributed by atoms with Crippen molar-refractivity contribution in [3.05, 3.63) is 29.8 Å². The molecule has 1 saturated carbocycles. The summed E-state index contributed by atoms with van der Waals surface area (Å²) in [7, 11) is 0. The van der Waals surface area contributed by atoms with E-state index in [4.69, 9.17) is 0 Å². The van der Waals surface area contributed by atoms with Crippen LogP contribution in [-0.4, -0.2) is 53.4 Å². The number of amides is 2. The molecule has 2 amide bonds. The molecule has 1 aliphatic heterocycles. The summed E-state index contributed by atoms with van der Waals surface area (Å²) in [5.41, 5.74) is 1.12. The number of nitrogens with zero attached hydrogens (tertiary/aromatic N) is 2. The third kappa shape index (κ3) is 2.48. The summed E-state index contributed by atoms with van der Waals surface area (Å²) in [5.74, 6) is 0.811. The summed E-state index contributed by atoms with van der Waals surface area (Å²) in [6.07, 6.45) is 1.73. The van der Waals surface area contributed by atoms with E-state index >= 15 is 0 Å². The van der Waals surface area contributed by atoms with Crippen LogP contribution in [0.5, 0.6) is 5.75 Å². The zero-order valence-corrected chi connectivity index (χ0v) is 11.2. The van der Waals surface area contributed by atoms with Crippen molar-refractivity contribution >= 4 is 12.3 Å². The van der Waals surface area contributed by atoms with Gasteiger partial charge in [0.15, 0.2) is 0 Å². The average molecular weight is 274 g/mol. The number of carbonyl (C=O) groups is 2. The summed E-state index contributed by atoms with van der Waals surface area (Å²) >= 11 is 0. The summed E-state index contributed by atoms with van der Waals surface area (Å²) < 4.78 is 0. The van der Waals surface area contributed by atoms with Gasteiger partial charge in [-0.15, -0.1) is 0 Å². The number of rotatable bonds is 3. The Morgan fingerprint density at radius 1 is 1.15 bits per heavy atom. The molecular formula is C15H18N2O3. The first-order chi connectivity index (χ1) is 9.69. The SMILES string of the molecule is O=CN1CCN(C(=O)C2CC2c2ccc(O)cc2)CC1. The number of phenols is 1. The van der Waals surface area contributed by atoms with Crippen molar-refractivity contribution in [2.24, 2.45) is 5.92 Å². The molecule has 5 nitrogen and oxygen atoms in total. The van der Waals surface area contributed by atoms with Crippen LogP contribution >= 0.6 is 0 Å². The second-order valence-electron chi connectivity index (χ2n) is 5.51. The maximum Gasteiger partial charge on any atom is 0.226 e. The van der Waals surface area contributed by atoms with Crippen molar-refractivity contribution in [2.75, 3.05) is 26.2 Å². The largest absolute Gasteiger partial charge is 0.508 e. The highest BCUT2D eigenvalue weighted by Gasteiger charge is 2.45. The summed E-state index contributed by atoms with van der Waals surface area (Å²) in [6.45, 7) is 2.53. The summed E-state index contributed by atoms with van der Waals surface area (Å²) in [5, 5.41) is 9.28. The second-order valence-corrected chi connectivity index (χ2v) is 5.51. The van der Waals surface area contributed by atoms with E-state index in [1.807, 2.05) is 17.0 Å². The van der Waals surface area contributed by atoms with E-state index in [1.165, 1.54) is 0 Å². The Labute approximate surface area is 117 Å². The predicted octanol–water partition coefficient (Wildman–Crippen LogP) is 0.796. The Bertz CT molecular complexity index is 506. The van der Waals surface area contributed by atoms with Gasteiger partial charge >= 0.3 is 0 Å². The third-order valence-electron chi connectivity index (χ3n) is 4.20. The van der Waals surface area contributed by atoms with Crippen molar-refractivity contribution < 1.29 is 14.7 Å². The van der Waals surface area contributed by atoms with E-state index in [0.717, 1.165) is 18.4 Å². The first-order valence-electron chi connectivity index (χ1n) is 6.96. The van der Waals surface area contributed by atoms with Gasteiger partial charge in [-0.2, -0.15) is 0 Å². The third-order valence-corrected chi connectivity index (χ3v) is 4.20. The van der Waals surface area contributed by atoms with Gasteiger partial charge < -0.3 is 14.9 Å². The van der Waals surface area contributed by atoms with Crippen LogP contribution < -0.4 is 0 Å². The first kappa shape index (κ1) is 13.0. The van der Waals surface area contributed by atoms with Crippen LogP contribution in [0.2, 0.25) is 0 Å². The van der Waals surface area contributed by atoms with Gasteiger partial charge in [-0.1, -0.05) is 12.1 Å². The molecule has 0 spiro atoms. The van der Waals surface area contributed by atoms with Crippen molar-refractivity contribution in [2.45, 2.75) is 12.3 Å². The van der Waals surface area contributed by atoms with Crippen LogP contribution in [0.1, 0.15) is 17.9 Å². The van der Waals surface area contributed by atoms with Crippen molar-refractivity contribution in [1.29, 1.82) is 0 Å². The van der Waals surface area contributed by atoms with Crippen molar-refractivity contribution in [1.82, 2.24) is 9.80 Å². The minimum atomic E-state index is 0.0716. The zero-order chi connectivity index (χ0) is 14.1. The fraction of sp³-hybridized carbons (Fsp3) is 0.467. The molecule has 2 fully saturated rings. The zero-order valence-electron chi connectivity index (χ0n) is 11.2. The molecule has 2 atom stereocenters. The molecule has 0 aromatic heterocycles. The van der Waals surface area contributed by atoms with Gasteiger partial charge in [-0.25, -0.2) is 0 Å². The van der Waals surface area contributed by atoms with E-state index in [-0.39, 0.29) is 23.5 Å². The first-order valence-corrected chi connectivity index (χ1v) is 6.96. The minimum absolute atomic E-state index is 0.0716. The maximum absolute atomic E-state index is 12.4. The van der Waals surface area contributed by atoms with E-state index in [0.29, 0.717) is 26.2 Å². The number of aromatic hydroxyl groups is 1. The van der Waals surface area contributed by atoms with Crippen LogP contribution in [0.3, 0.4) is 0 Å². The van der Waals surface area contributed by atoms with Gasteiger partial charge in [0.05, 0.1) is 0 Å². The Morgan fingerprint density at radius 3 is 2.40 bits per heavy atom. The van der Waals surface area contributed by atoms with Gasteiger partial charge in [-0.05, 0) is 30.0 Å². The van der Waals surface area contributed by atoms with E-state index in [9.17, 15) is 14.7 Å². The number of hydrogen-bond acceptors (Lipinski definition) is 3. The minimum Gasteiger partial charge on any atom is -0.508 e. The molecule has 1 aliphatic carbocycles. The lowest BCUT2D eigenvalue weighted by molar-refractivity contribution is -0.136. The van der Waals surface area contributed by atoms with Crippen LogP contribution in [0, 0.1) is 5.92 Å². The van der Waals surface area contributed by atoms with Gasteiger partial charge in [0.2, 0.25) is 12.3 Å². The Hall–Kier alpha value is -2.04. The topological polar surface area (TPSA) is 60.9 Å². The lowest BCUT2D eigenvalue weighted by atomic mass is 10.1. The van der Waals surface area contributed by atoms with Crippen LogP contribution in [0.15, 0.2) is 24.3 Å². The Kier molecular flexibility index (Phi) is 3.34. The normalized spacial score (nSPS) is 25.4. The van der Waals surface area contributed by atoms with E-state index in [2.05, 4.69) is 0 Å². The van der Waals surface area contributed by atoms with Crippen molar-refractivity contribution in [3.63, 3.8) is 0 Å². The van der Waals surface area contributed by atoms with E-state index in [1.54, 1.807) is 17.0 Å². The van der Waals surface area contributed by atoms with Gasteiger partial charge in [0, 0.05) is 32.1 Å². The highest BCUT2D eigenvalue weighted by atomic mass is 16.3. The number of hydrogen-bond donors (Lipinski definition) is 1. The molecule has 1 N–H and O–H groups in total. The molecule has 2 unspecified atom stereocenters. The van der Waals surface area contributed by atoms with E-state index < -0.39 is 0 Å². The molecule has 1 heterocycles. The number of benzene rings is 1. The molecule has 1 aromatic rings. The van der Waals surface area contributed by atoms with Crippen LogP contribution in [0.4, 0.5) is 0 Å². The maximum atomic E-state index is 12.4. The Morgan fingerprint density at radius 2 is 1.80 bits per heavy atom. The molecule has 1 saturated heterocycles. The monoisotopic (exact) mass is 274 g/mol. The predicted molar refractivity (Wildman–Crippen MR) is 73.2 cm³/mol. The highest BCUT2D eigenvalue weighted by molar-refractivity contribution is 5.83. The smallest absolute Gasteiger partial charge is 0.226 e. The molecule has 0 bridgehead atoms. The Balaban J connectivity index is 1.58. The van der Waals surface area contributed by atoms with Gasteiger partial charge in [0.1, 0.15) is 5.75 Å². The quantitative estimate of drug-likeness (QED) is 0.829. The highest BCUT2D eigenvalue weighted by Crippen LogP contribution is 2.48. The molecule has 3 rings (SSSR count). The molecule has 5 heteroatoms. The number of carbonyl (C=O) groups excluding carboxylic acids is 2. The van der Waals surface area contributed by atoms with Crippen molar-refractivity contribution in [3.8, 4) is 5.75 Å². The standard InChI is InChI=1S/C15H18N2O3/c18-10-16-5-7-17(8-6-16)15(20)14-9-13(14)11-1-3-12(19)4-2-11/h1-4,10,13-14,19H,5-9H2. The summed E-state index contributed by atoms with van der Waals surface area (Å²) in [4.78, 5) is 26.6. The fourth-order valence-corrected chi connectivity index (χ4v) is 2.84. The lowest BCUT2D eigenvalue weighted by Crippen LogP contribution is -2.48. The number of piperazine rings is 1. The molecule has 2 aliphatic rings. The molecule has 20 heavy (non-hydrogen) atoms. The molecular weight excluding hydrogens is 256 g/mol. The van der Waals surface area contributed by atoms with Crippen LogP contribution in [0.25, 0.3) is 0 Å². The number of phenolic OH excluding ortho intramolecular Hbond substituents is 1. The summed E-state index contributed by atoms with van der Waals surface area (Å²) in [6, 6.07) is 7.10. The van der Waals surface area contributed by atoms with Gasteiger partial charge in [0.25, 0.3) is 0 Å². The second kappa shape index (κ2) is 5.15.